The molecule has 0 aliphatic rings. The maximum Gasteiger partial charge on any atom is 0.185 e. The van der Waals surface area contributed by atoms with Gasteiger partial charge in [-0.15, -0.1) is 5.10 Å². The highest BCUT2D eigenvalue weighted by Crippen LogP contribution is 2.32. The number of aryl methyl sites for hydroxylation is 1. The summed E-state index contributed by atoms with van der Waals surface area (Å²) in [6, 6.07) is 5.60. The summed E-state index contributed by atoms with van der Waals surface area (Å²) < 4.78 is 14.3. The fraction of sp³-hybridized carbons (Fsp3) is 0.350. The van der Waals surface area contributed by atoms with E-state index in [0.29, 0.717) is 23.1 Å². The fourth-order valence-electron chi connectivity index (χ4n) is 3.24. The summed E-state index contributed by atoms with van der Waals surface area (Å²) in [7, 11) is 3.21. The molecule has 0 spiro atoms. The maximum atomic E-state index is 5.44. The van der Waals surface area contributed by atoms with Crippen LogP contribution in [0.3, 0.4) is 0 Å². The van der Waals surface area contributed by atoms with E-state index in [2.05, 4.69) is 23.9 Å². The second-order valence-electron chi connectivity index (χ2n) is 6.79. The number of hydrogen-bond acceptors (Lipinski definition) is 7. The zero-order valence-electron chi connectivity index (χ0n) is 17.1. The first kappa shape index (κ1) is 18.9. The number of nitrogens with zero attached hydrogens (tertiary/aromatic N) is 7. The molecule has 0 saturated heterocycles. The summed E-state index contributed by atoms with van der Waals surface area (Å²) >= 11 is 0. The summed E-state index contributed by atoms with van der Waals surface area (Å²) in [6.07, 6.45) is 4.05. The zero-order valence-corrected chi connectivity index (χ0v) is 17.1. The summed E-state index contributed by atoms with van der Waals surface area (Å²) in [4.78, 5) is 13.6. The Morgan fingerprint density at radius 2 is 1.90 bits per heavy atom. The van der Waals surface area contributed by atoms with Gasteiger partial charge in [0.25, 0.3) is 0 Å². The van der Waals surface area contributed by atoms with Crippen molar-refractivity contribution in [3.8, 4) is 28.7 Å². The predicted octanol–water partition coefficient (Wildman–Crippen LogP) is 3.21. The number of methoxy groups -OCH3 is 2. The lowest BCUT2D eigenvalue weighted by Gasteiger charge is -2.12. The van der Waals surface area contributed by atoms with Crippen molar-refractivity contribution in [3.63, 3.8) is 0 Å². The summed E-state index contributed by atoms with van der Waals surface area (Å²) in [5, 5.41) is 9.10. The first-order valence-corrected chi connectivity index (χ1v) is 9.42. The normalized spacial score (nSPS) is 12.3. The molecule has 0 bridgehead atoms. The molecule has 4 aromatic rings. The third-order valence-corrected chi connectivity index (χ3v) is 5.00. The number of imidazole rings is 1. The van der Waals surface area contributed by atoms with Crippen molar-refractivity contribution >= 4 is 5.52 Å². The molecule has 0 aliphatic carbocycles. The quantitative estimate of drug-likeness (QED) is 0.497. The second kappa shape index (κ2) is 7.50. The molecule has 4 rings (SSSR count). The van der Waals surface area contributed by atoms with Crippen molar-refractivity contribution in [1.29, 1.82) is 0 Å². The van der Waals surface area contributed by atoms with E-state index in [1.54, 1.807) is 25.2 Å². The van der Waals surface area contributed by atoms with Crippen LogP contribution in [0.4, 0.5) is 0 Å². The van der Waals surface area contributed by atoms with Gasteiger partial charge in [-0.05, 0) is 31.5 Å². The van der Waals surface area contributed by atoms with E-state index < -0.39 is 0 Å². The van der Waals surface area contributed by atoms with Crippen LogP contribution in [0.2, 0.25) is 0 Å². The van der Waals surface area contributed by atoms with Gasteiger partial charge in [-0.25, -0.2) is 24.1 Å². The monoisotopic (exact) mass is 393 g/mol. The van der Waals surface area contributed by atoms with Gasteiger partial charge in [0.1, 0.15) is 24.0 Å². The molecule has 3 heterocycles. The van der Waals surface area contributed by atoms with Crippen LogP contribution in [-0.2, 0) is 0 Å². The van der Waals surface area contributed by atoms with Gasteiger partial charge in [0.2, 0.25) is 0 Å². The highest BCUT2D eigenvalue weighted by Gasteiger charge is 2.21. The molecule has 0 aliphatic heterocycles. The van der Waals surface area contributed by atoms with Gasteiger partial charge in [-0.1, -0.05) is 13.8 Å². The molecule has 0 amide bonds. The topological polar surface area (TPSA) is 92.2 Å². The standard InChI is InChI=1S/C20H23N7O2/c1-6-12(2)19-23-13(3)17-20(26-11-21-10-22-26)24-18(25-27(17)19)14-7-8-15(28-4)16(9-14)29-5/h7-12H,6H2,1-5H3. The summed E-state index contributed by atoms with van der Waals surface area (Å²) in [6.45, 7) is 6.23. The largest absolute Gasteiger partial charge is 0.493 e. The molecule has 1 atom stereocenters. The van der Waals surface area contributed by atoms with Gasteiger partial charge in [-0.2, -0.15) is 5.10 Å². The minimum atomic E-state index is 0.243. The first-order valence-electron chi connectivity index (χ1n) is 9.42. The van der Waals surface area contributed by atoms with Gasteiger partial charge in [-0.3, -0.25) is 0 Å². The Balaban J connectivity index is 2.01. The Hall–Kier alpha value is -3.49. The van der Waals surface area contributed by atoms with E-state index in [-0.39, 0.29) is 5.92 Å². The van der Waals surface area contributed by atoms with Gasteiger partial charge in [0.05, 0.1) is 19.9 Å². The van der Waals surface area contributed by atoms with Crippen molar-refractivity contribution in [3.05, 3.63) is 42.4 Å². The lowest BCUT2D eigenvalue weighted by Crippen LogP contribution is -2.10. The highest BCUT2D eigenvalue weighted by molar-refractivity contribution is 5.68. The molecule has 0 radical (unpaired) electrons. The number of aromatic nitrogens is 7. The van der Waals surface area contributed by atoms with Gasteiger partial charge in [0, 0.05) is 11.5 Å². The Bertz CT molecular complexity index is 1150. The average molecular weight is 393 g/mol. The molecule has 29 heavy (non-hydrogen) atoms. The smallest absolute Gasteiger partial charge is 0.185 e. The lowest BCUT2D eigenvalue weighted by atomic mass is 10.1. The Labute approximate surface area is 168 Å². The molecule has 0 fully saturated rings. The number of rotatable bonds is 6. The zero-order chi connectivity index (χ0) is 20.5. The van der Waals surface area contributed by atoms with Crippen molar-refractivity contribution in [2.75, 3.05) is 14.2 Å². The average Bonchev–Trinajstić information content (AvgIpc) is 3.40. The van der Waals surface area contributed by atoms with Crippen LogP contribution in [0.1, 0.15) is 37.7 Å². The number of benzene rings is 1. The molecule has 0 N–H and O–H groups in total. The summed E-state index contributed by atoms with van der Waals surface area (Å²) in [5.74, 6) is 3.55. The van der Waals surface area contributed by atoms with E-state index >= 15 is 0 Å². The fourth-order valence-corrected chi connectivity index (χ4v) is 3.24. The number of hydrogen-bond donors (Lipinski definition) is 0. The molecule has 0 saturated carbocycles. The van der Waals surface area contributed by atoms with Crippen molar-refractivity contribution in [1.82, 2.24) is 34.3 Å². The van der Waals surface area contributed by atoms with Crippen LogP contribution in [0, 0.1) is 6.92 Å². The van der Waals surface area contributed by atoms with Gasteiger partial charge >= 0.3 is 0 Å². The van der Waals surface area contributed by atoms with Crippen LogP contribution in [-0.4, -0.2) is 48.6 Å². The van der Waals surface area contributed by atoms with Crippen LogP contribution in [0.15, 0.2) is 30.9 Å². The number of ether oxygens (including phenoxy) is 2. The van der Waals surface area contributed by atoms with Crippen molar-refractivity contribution in [2.24, 2.45) is 0 Å². The highest BCUT2D eigenvalue weighted by atomic mass is 16.5. The van der Waals surface area contributed by atoms with Gasteiger partial charge in [0.15, 0.2) is 23.1 Å². The third kappa shape index (κ3) is 3.18. The van der Waals surface area contributed by atoms with Crippen LogP contribution < -0.4 is 9.47 Å². The first-order chi connectivity index (χ1) is 14.1. The summed E-state index contributed by atoms with van der Waals surface area (Å²) in [5.41, 5.74) is 2.46. The minimum absolute atomic E-state index is 0.243. The Morgan fingerprint density at radius 1 is 1.10 bits per heavy atom. The van der Waals surface area contributed by atoms with Gasteiger partial charge < -0.3 is 9.47 Å². The van der Waals surface area contributed by atoms with Crippen molar-refractivity contribution < 1.29 is 9.47 Å². The Kier molecular flexibility index (Phi) is 4.87. The van der Waals surface area contributed by atoms with E-state index in [4.69, 9.17) is 24.5 Å². The molecule has 9 nitrogen and oxygen atoms in total. The van der Waals surface area contributed by atoms with E-state index in [1.807, 2.05) is 29.6 Å². The molecule has 1 unspecified atom stereocenters. The van der Waals surface area contributed by atoms with Crippen LogP contribution in [0.25, 0.3) is 22.7 Å². The van der Waals surface area contributed by atoms with Crippen LogP contribution >= 0.6 is 0 Å². The molecule has 150 valence electrons. The SMILES string of the molecule is CCC(C)c1nc(C)c2c(-n3cncn3)nc(-c3ccc(OC)c(OC)c3)nn12. The van der Waals surface area contributed by atoms with E-state index in [9.17, 15) is 0 Å². The lowest BCUT2D eigenvalue weighted by molar-refractivity contribution is 0.355. The molecule has 3 aromatic heterocycles. The van der Waals surface area contributed by atoms with E-state index in [0.717, 1.165) is 29.0 Å². The van der Waals surface area contributed by atoms with Crippen molar-refractivity contribution in [2.45, 2.75) is 33.1 Å². The van der Waals surface area contributed by atoms with E-state index in [1.165, 1.54) is 6.33 Å². The molecular formula is C20H23N7O2. The maximum absolute atomic E-state index is 5.44. The predicted molar refractivity (Wildman–Crippen MR) is 108 cm³/mol. The molecule has 9 heteroatoms. The number of fused-ring (bicyclic) bond motifs is 1. The molecule has 1 aromatic carbocycles. The van der Waals surface area contributed by atoms with Crippen LogP contribution in [0.5, 0.6) is 11.5 Å². The third-order valence-electron chi connectivity index (χ3n) is 5.00. The Morgan fingerprint density at radius 3 is 2.55 bits per heavy atom. The minimum Gasteiger partial charge on any atom is -0.493 e. The second-order valence-corrected chi connectivity index (χ2v) is 6.79. The molecular weight excluding hydrogens is 370 g/mol.